The largest absolute Gasteiger partial charge is 0.444 e. The number of nitrogens with two attached hydrogens (primary N) is 2. The summed E-state index contributed by atoms with van der Waals surface area (Å²) >= 11 is 4.06. The van der Waals surface area contributed by atoms with Gasteiger partial charge in [0.05, 0.1) is 22.3 Å². The van der Waals surface area contributed by atoms with Crippen molar-refractivity contribution in [3.05, 3.63) is 52.6 Å². The van der Waals surface area contributed by atoms with Crippen LogP contribution in [0.2, 0.25) is 5.02 Å². The summed E-state index contributed by atoms with van der Waals surface area (Å²) in [6, 6.07) is 3.10. The molecule has 10 nitrogen and oxygen atoms in total. The van der Waals surface area contributed by atoms with Crippen molar-refractivity contribution in [3.63, 3.8) is 0 Å². The zero-order valence-corrected chi connectivity index (χ0v) is 23.3. The Balaban J connectivity index is 1.64. The topological polar surface area (TPSA) is 141 Å². The molecule has 0 bridgehead atoms. The summed E-state index contributed by atoms with van der Waals surface area (Å²) in [4.78, 5) is 30.7. The number of hydrogen-bond donors (Lipinski definition) is 2. The van der Waals surface area contributed by atoms with Crippen LogP contribution in [-0.4, -0.2) is 44.6 Å². The van der Waals surface area contributed by atoms with E-state index in [4.69, 9.17) is 27.6 Å². The number of halogens is 6. The van der Waals surface area contributed by atoms with E-state index in [1.165, 1.54) is 23.7 Å². The minimum atomic E-state index is -5.06. The van der Waals surface area contributed by atoms with Crippen LogP contribution in [0.3, 0.4) is 0 Å². The van der Waals surface area contributed by atoms with Crippen LogP contribution in [0.15, 0.2) is 28.9 Å². The van der Waals surface area contributed by atoms with Crippen molar-refractivity contribution in [3.8, 4) is 11.5 Å². The number of nitrogens with zero attached hydrogens (tertiary/aromatic N) is 6. The number of amides is 1. The summed E-state index contributed by atoms with van der Waals surface area (Å²) < 4.78 is 61.7. The van der Waals surface area contributed by atoms with Gasteiger partial charge in [-0.25, -0.2) is 35.2 Å². The first kappa shape index (κ1) is 27.4. The Kier molecular flexibility index (Phi) is 6.46. The van der Waals surface area contributed by atoms with Gasteiger partial charge in [-0.15, -0.1) is 0 Å². The Labute approximate surface area is 233 Å². The van der Waals surface area contributed by atoms with E-state index < -0.39 is 48.3 Å². The third kappa shape index (κ3) is 4.17. The molecule has 5 rings (SSSR count). The molecule has 2 atom stereocenters. The maximum Gasteiger partial charge on any atom is 0.431 e. The van der Waals surface area contributed by atoms with E-state index in [0.717, 1.165) is 5.01 Å². The van der Waals surface area contributed by atoms with E-state index in [2.05, 4.69) is 24.5 Å². The number of oxazole rings is 1. The van der Waals surface area contributed by atoms with Gasteiger partial charge in [0.25, 0.3) is 5.91 Å². The number of nitrogen functional groups attached to an aromatic ring is 1. The van der Waals surface area contributed by atoms with Crippen LogP contribution in [0.1, 0.15) is 36.4 Å². The smallest absolute Gasteiger partial charge is 0.431 e. The number of pyridine rings is 1. The minimum Gasteiger partial charge on any atom is -0.444 e. The van der Waals surface area contributed by atoms with Gasteiger partial charge in [-0.3, -0.25) is 4.79 Å². The van der Waals surface area contributed by atoms with E-state index in [1.54, 1.807) is 19.1 Å². The van der Waals surface area contributed by atoms with Crippen molar-refractivity contribution in [2.75, 3.05) is 10.7 Å². The molecule has 0 saturated carbocycles. The van der Waals surface area contributed by atoms with Crippen molar-refractivity contribution >= 4 is 59.9 Å². The predicted molar refractivity (Wildman–Crippen MR) is 144 cm³/mol. The van der Waals surface area contributed by atoms with Gasteiger partial charge in [0.2, 0.25) is 9.57 Å². The van der Waals surface area contributed by atoms with Crippen LogP contribution < -0.4 is 16.6 Å². The van der Waals surface area contributed by atoms with Crippen molar-refractivity contribution in [1.29, 1.82) is 0 Å². The summed E-state index contributed by atoms with van der Waals surface area (Å²) in [6.45, 7) is 3.20. The van der Waals surface area contributed by atoms with Gasteiger partial charge < -0.3 is 14.6 Å². The molecule has 4 aromatic rings. The van der Waals surface area contributed by atoms with Crippen LogP contribution in [0.4, 0.5) is 29.2 Å². The number of hydrazine groups is 1. The van der Waals surface area contributed by atoms with Gasteiger partial charge in [0, 0.05) is 19.0 Å². The lowest BCUT2D eigenvalue weighted by atomic mass is 9.84. The normalized spacial score (nSPS) is 19.1. The second-order valence-electron chi connectivity index (χ2n) is 9.02. The van der Waals surface area contributed by atoms with Gasteiger partial charge in [-0.05, 0) is 26.0 Å². The van der Waals surface area contributed by atoms with Crippen LogP contribution in [-0.2, 0) is 16.6 Å². The van der Waals surface area contributed by atoms with Crippen molar-refractivity contribution in [1.82, 2.24) is 24.3 Å². The van der Waals surface area contributed by atoms with Gasteiger partial charge in [-0.1, -0.05) is 36.8 Å². The summed E-state index contributed by atoms with van der Waals surface area (Å²) in [5.74, 6) is 5.92. The molecule has 1 aliphatic heterocycles. The van der Waals surface area contributed by atoms with Crippen molar-refractivity contribution < 1.29 is 26.8 Å². The Bertz CT molecular complexity index is 1660. The first-order valence-electron chi connectivity index (χ1n) is 11.2. The quantitative estimate of drug-likeness (QED) is 0.100. The van der Waals surface area contributed by atoms with Gasteiger partial charge >= 0.3 is 6.18 Å². The number of carbonyl (C=O) groups is 1. The van der Waals surface area contributed by atoms with E-state index in [0.29, 0.717) is 11.3 Å². The number of carbonyl (C=O) groups excluding carboxylic acids is 1. The molecule has 5 heterocycles. The van der Waals surface area contributed by atoms with Crippen molar-refractivity contribution in [2.45, 2.75) is 42.0 Å². The molecule has 0 spiro atoms. The predicted octanol–water partition coefficient (Wildman–Crippen LogP) is 4.41. The van der Waals surface area contributed by atoms with Crippen LogP contribution in [0, 0.1) is 6.92 Å². The Hall–Kier alpha value is -3.18. The van der Waals surface area contributed by atoms with Gasteiger partial charge in [-0.2, -0.15) is 13.2 Å². The van der Waals surface area contributed by atoms with E-state index >= 15 is 0 Å². The summed E-state index contributed by atoms with van der Waals surface area (Å²) in [5, 5.41) is 1.08. The molecule has 0 aromatic carbocycles. The van der Waals surface area contributed by atoms with Crippen LogP contribution >= 0.6 is 32.3 Å². The zero-order valence-electron chi connectivity index (χ0n) is 20.4. The number of anilines is 2. The molecule has 0 saturated heterocycles. The lowest BCUT2D eigenvalue weighted by Gasteiger charge is -2.23. The second-order valence-corrected chi connectivity index (χ2v) is 11.9. The van der Waals surface area contributed by atoms with Gasteiger partial charge in [0.15, 0.2) is 17.1 Å². The number of hydrogen-bond acceptors (Lipinski definition) is 8. The maximum absolute atomic E-state index is 14.7. The average molecular weight is 679 g/mol. The highest BCUT2D eigenvalue weighted by Crippen LogP contribution is 2.47. The first-order chi connectivity index (χ1) is 18.2. The summed E-state index contributed by atoms with van der Waals surface area (Å²) in [5.41, 5.74) is 5.49. The molecular formula is C23H20ClF4IN8O2. The van der Waals surface area contributed by atoms with Crippen molar-refractivity contribution in [2.24, 2.45) is 5.84 Å². The highest BCUT2D eigenvalue weighted by molar-refractivity contribution is 14.2. The number of imidazole rings is 1. The highest BCUT2D eigenvalue weighted by Gasteiger charge is 2.55. The standard InChI is InChI=1S/C23H20ClF4IN8O2/c1-10-8-32-19(39-10)21(2)14-16(30)34-17(35-18(14)37(31)20(21)38)15-12-5-4-11(24)9-36(12)13(33-15)6-7-22(25,29-3)23(26,27)28/h4-5,8-9H,3,6-7,31H2,1-2H3,(H2,30,34,35). The molecule has 0 radical (unpaired) electrons. The van der Waals surface area contributed by atoms with E-state index in [9.17, 15) is 22.4 Å². The first-order valence-corrected chi connectivity index (χ1v) is 14.2. The van der Waals surface area contributed by atoms with Gasteiger partial charge in [0.1, 0.15) is 23.1 Å². The molecule has 1 amide bonds. The molecule has 1 aliphatic rings. The Morgan fingerprint density at radius 3 is 2.56 bits per heavy atom. The average Bonchev–Trinajstić information content (AvgIpc) is 3.53. The molecule has 2 unspecified atom stereocenters. The fourth-order valence-corrected chi connectivity index (χ4v) is 5.71. The fraction of sp³-hybridized carbons (Fsp3) is 0.304. The highest BCUT2D eigenvalue weighted by atomic mass is 127. The number of alkyl halides is 5. The lowest BCUT2D eigenvalue weighted by Crippen LogP contribution is -2.43. The number of rotatable bonds is 6. The minimum absolute atomic E-state index is 0.0147. The number of fused-ring (bicyclic) bond motifs is 2. The van der Waals surface area contributed by atoms with E-state index in [-0.39, 0.29) is 51.9 Å². The molecule has 4 aromatic heterocycles. The monoisotopic (exact) mass is 678 g/mol. The molecule has 206 valence electrons. The third-order valence-electron chi connectivity index (χ3n) is 6.52. The third-order valence-corrected chi connectivity index (χ3v) is 9.10. The van der Waals surface area contributed by atoms with Crippen LogP contribution in [0.5, 0.6) is 0 Å². The molecule has 4 N–H and O–H groups in total. The summed E-state index contributed by atoms with van der Waals surface area (Å²) in [6.07, 6.45) is -3.42. The lowest BCUT2D eigenvalue weighted by molar-refractivity contribution is -0.189. The molecule has 0 fully saturated rings. The maximum atomic E-state index is 14.7. The fourth-order valence-electron chi connectivity index (χ4n) is 4.47. The Morgan fingerprint density at radius 2 is 1.95 bits per heavy atom. The molecular weight excluding hydrogens is 659 g/mol. The summed E-state index contributed by atoms with van der Waals surface area (Å²) in [7, 11) is 0. The Morgan fingerprint density at radius 1 is 1.23 bits per heavy atom. The molecule has 0 aliphatic carbocycles. The number of aryl methyl sites for hydroxylation is 2. The zero-order chi connectivity index (χ0) is 28.5. The SMILES string of the molecule is C=IC(F)(CCc1nc(-c2nc(N)c3c(n2)N(N)C(=O)C3(C)c2ncc(C)o2)c2ccc(Cl)cn12)C(F)(F)F. The van der Waals surface area contributed by atoms with E-state index in [1.807, 2.05) is 0 Å². The number of aromatic nitrogens is 5. The molecule has 39 heavy (non-hydrogen) atoms. The van der Waals surface area contributed by atoms with Crippen LogP contribution in [0.25, 0.3) is 17.0 Å². The molecule has 16 heteroatoms. The second kappa shape index (κ2) is 9.19.